The second kappa shape index (κ2) is 6.77. The number of carboxylic acids is 1. The van der Waals surface area contributed by atoms with E-state index in [9.17, 15) is 9.90 Å². The van der Waals surface area contributed by atoms with Crippen molar-refractivity contribution in [1.29, 1.82) is 0 Å². The minimum absolute atomic E-state index is 0.0772. The van der Waals surface area contributed by atoms with Gasteiger partial charge in [0.05, 0.1) is 6.42 Å². The Labute approximate surface area is 130 Å². The van der Waals surface area contributed by atoms with Crippen LogP contribution in [0.2, 0.25) is 5.02 Å². The SMILES string of the molecule is CCc1ccc(-c2ccc(Cl)cc2)c(CC)c1CC(=O)O. The summed E-state index contributed by atoms with van der Waals surface area (Å²) in [4.78, 5) is 11.2. The summed E-state index contributed by atoms with van der Waals surface area (Å²) in [5.74, 6) is -0.785. The van der Waals surface area contributed by atoms with Gasteiger partial charge in [-0.25, -0.2) is 0 Å². The van der Waals surface area contributed by atoms with Crippen LogP contribution in [0.25, 0.3) is 11.1 Å². The standard InChI is InChI=1S/C18H19ClO2/c1-3-12-7-10-16(13-5-8-14(19)9-6-13)15(4-2)17(12)11-18(20)21/h5-10H,3-4,11H2,1-2H3,(H,20,21). The molecular formula is C18H19ClO2. The monoisotopic (exact) mass is 302 g/mol. The second-order valence-electron chi connectivity index (χ2n) is 5.01. The molecule has 0 atom stereocenters. The minimum atomic E-state index is -0.785. The van der Waals surface area contributed by atoms with Crippen LogP contribution >= 0.6 is 11.6 Å². The first kappa shape index (κ1) is 15.6. The summed E-state index contributed by atoms with van der Waals surface area (Å²) in [6.45, 7) is 4.13. The van der Waals surface area contributed by atoms with Crippen molar-refractivity contribution in [3.63, 3.8) is 0 Å². The summed E-state index contributed by atoms with van der Waals surface area (Å²) in [6.07, 6.45) is 1.73. The van der Waals surface area contributed by atoms with E-state index < -0.39 is 5.97 Å². The maximum absolute atomic E-state index is 11.2. The van der Waals surface area contributed by atoms with E-state index in [0.29, 0.717) is 5.02 Å². The van der Waals surface area contributed by atoms with Gasteiger partial charge in [0.25, 0.3) is 0 Å². The third kappa shape index (κ3) is 3.45. The Morgan fingerprint density at radius 2 is 1.67 bits per heavy atom. The highest BCUT2D eigenvalue weighted by Gasteiger charge is 2.15. The third-order valence-electron chi connectivity index (χ3n) is 3.75. The van der Waals surface area contributed by atoms with Crippen molar-refractivity contribution in [2.75, 3.05) is 0 Å². The van der Waals surface area contributed by atoms with Crippen LogP contribution in [0.5, 0.6) is 0 Å². The van der Waals surface area contributed by atoms with Gasteiger partial charge in [-0.3, -0.25) is 4.79 Å². The van der Waals surface area contributed by atoms with Crippen LogP contribution < -0.4 is 0 Å². The molecule has 0 aliphatic rings. The highest BCUT2D eigenvalue weighted by molar-refractivity contribution is 6.30. The zero-order chi connectivity index (χ0) is 15.4. The van der Waals surface area contributed by atoms with Crippen LogP contribution in [0.15, 0.2) is 36.4 Å². The van der Waals surface area contributed by atoms with Crippen molar-refractivity contribution in [2.45, 2.75) is 33.1 Å². The van der Waals surface area contributed by atoms with Gasteiger partial charge < -0.3 is 5.11 Å². The van der Waals surface area contributed by atoms with E-state index >= 15 is 0 Å². The average molecular weight is 303 g/mol. The van der Waals surface area contributed by atoms with Crippen molar-refractivity contribution < 1.29 is 9.90 Å². The largest absolute Gasteiger partial charge is 0.481 e. The maximum Gasteiger partial charge on any atom is 0.307 e. The first-order valence-electron chi connectivity index (χ1n) is 7.18. The fourth-order valence-electron chi connectivity index (χ4n) is 2.75. The van der Waals surface area contributed by atoms with Crippen LogP contribution in [0, 0.1) is 0 Å². The predicted molar refractivity (Wildman–Crippen MR) is 87.0 cm³/mol. The van der Waals surface area contributed by atoms with Crippen LogP contribution in [0.3, 0.4) is 0 Å². The molecule has 2 aromatic carbocycles. The summed E-state index contributed by atoms with van der Waals surface area (Å²) in [7, 11) is 0. The number of aryl methyl sites for hydroxylation is 1. The normalized spacial score (nSPS) is 10.6. The predicted octanol–water partition coefficient (Wildman–Crippen LogP) is 4.76. The van der Waals surface area contributed by atoms with E-state index in [1.807, 2.05) is 30.3 Å². The molecule has 2 nitrogen and oxygen atoms in total. The number of carbonyl (C=O) groups is 1. The second-order valence-corrected chi connectivity index (χ2v) is 5.45. The fraction of sp³-hybridized carbons (Fsp3) is 0.278. The Morgan fingerprint density at radius 1 is 1.00 bits per heavy atom. The molecule has 0 aliphatic heterocycles. The Hall–Kier alpha value is -1.80. The van der Waals surface area contributed by atoms with E-state index in [1.165, 1.54) is 0 Å². The number of carboxylic acid groups (broad SMARTS) is 1. The first-order valence-corrected chi connectivity index (χ1v) is 7.56. The van der Waals surface area contributed by atoms with Crippen molar-refractivity contribution >= 4 is 17.6 Å². The van der Waals surface area contributed by atoms with Crippen molar-refractivity contribution in [2.24, 2.45) is 0 Å². The van der Waals surface area contributed by atoms with E-state index in [2.05, 4.69) is 19.9 Å². The fourth-order valence-corrected chi connectivity index (χ4v) is 2.87. The molecule has 0 amide bonds. The van der Waals surface area contributed by atoms with Gasteiger partial charge in [-0.2, -0.15) is 0 Å². The molecule has 0 heterocycles. The molecule has 0 aliphatic carbocycles. The molecule has 3 heteroatoms. The highest BCUT2D eigenvalue weighted by atomic mass is 35.5. The number of hydrogen-bond acceptors (Lipinski definition) is 1. The lowest BCUT2D eigenvalue weighted by molar-refractivity contribution is -0.136. The zero-order valence-electron chi connectivity index (χ0n) is 12.3. The summed E-state index contributed by atoms with van der Waals surface area (Å²) in [6, 6.07) is 11.8. The van der Waals surface area contributed by atoms with Gasteiger partial charge in [0.15, 0.2) is 0 Å². The molecule has 0 radical (unpaired) electrons. The minimum Gasteiger partial charge on any atom is -0.481 e. The Kier molecular flexibility index (Phi) is 5.03. The van der Waals surface area contributed by atoms with E-state index in [4.69, 9.17) is 11.6 Å². The van der Waals surface area contributed by atoms with Gasteiger partial charge in [-0.15, -0.1) is 0 Å². The van der Waals surface area contributed by atoms with Crippen molar-refractivity contribution in [1.82, 2.24) is 0 Å². The molecule has 0 aromatic heterocycles. The molecule has 2 aromatic rings. The topological polar surface area (TPSA) is 37.3 Å². The van der Waals surface area contributed by atoms with Crippen LogP contribution in [-0.2, 0) is 24.1 Å². The van der Waals surface area contributed by atoms with E-state index in [0.717, 1.165) is 40.7 Å². The molecule has 1 N–H and O–H groups in total. The molecule has 0 saturated heterocycles. The van der Waals surface area contributed by atoms with Crippen LogP contribution in [0.1, 0.15) is 30.5 Å². The van der Waals surface area contributed by atoms with Gasteiger partial charge in [0.2, 0.25) is 0 Å². The Morgan fingerprint density at radius 3 is 2.19 bits per heavy atom. The maximum atomic E-state index is 11.2. The molecule has 0 saturated carbocycles. The molecule has 0 spiro atoms. The Bertz CT molecular complexity index is 645. The van der Waals surface area contributed by atoms with Crippen LogP contribution in [0.4, 0.5) is 0 Å². The lowest BCUT2D eigenvalue weighted by Gasteiger charge is -2.17. The first-order chi connectivity index (χ1) is 10.1. The molecule has 0 bridgehead atoms. The number of rotatable bonds is 5. The van der Waals surface area contributed by atoms with Crippen molar-refractivity contribution in [3.8, 4) is 11.1 Å². The molecule has 0 fully saturated rings. The molecule has 0 unspecified atom stereocenters. The summed E-state index contributed by atoms with van der Waals surface area (Å²) in [5, 5.41) is 9.89. The van der Waals surface area contributed by atoms with Gasteiger partial charge in [-0.1, -0.05) is 49.7 Å². The zero-order valence-corrected chi connectivity index (χ0v) is 13.1. The summed E-state index contributed by atoms with van der Waals surface area (Å²) in [5.41, 5.74) is 5.37. The smallest absolute Gasteiger partial charge is 0.307 e. The van der Waals surface area contributed by atoms with E-state index in [1.54, 1.807) is 0 Å². The number of aliphatic carboxylic acids is 1. The third-order valence-corrected chi connectivity index (χ3v) is 4.00. The van der Waals surface area contributed by atoms with Gasteiger partial charge in [0, 0.05) is 5.02 Å². The van der Waals surface area contributed by atoms with Gasteiger partial charge in [0.1, 0.15) is 0 Å². The van der Waals surface area contributed by atoms with Crippen LogP contribution in [-0.4, -0.2) is 11.1 Å². The highest BCUT2D eigenvalue weighted by Crippen LogP contribution is 2.30. The van der Waals surface area contributed by atoms with Gasteiger partial charge >= 0.3 is 5.97 Å². The van der Waals surface area contributed by atoms with Gasteiger partial charge in [-0.05, 0) is 52.8 Å². The molecule has 2 rings (SSSR count). The van der Waals surface area contributed by atoms with Crippen molar-refractivity contribution in [3.05, 3.63) is 58.1 Å². The lowest BCUT2D eigenvalue weighted by atomic mass is 9.88. The number of benzene rings is 2. The summed E-state index contributed by atoms with van der Waals surface area (Å²) >= 11 is 5.94. The lowest BCUT2D eigenvalue weighted by Crippen LogP contribution is -2.08. The molecule has 21 heavy (non-hydrogen) atoms. The quantitative estimate of drug-likeness (QED) is 0.864. The van der Waals surface area contributed by atoms with E-state index in [-0.39, 0.29) is 6.42 Å². The number of hydrogen-bond donors (Lipinski definition) is 1. The molecule has 110 valence electrons. The molecular weight excluding hydrogens is 284 g/mol. The number of halogens is 1. The Balaban J connectivity index is 2.61. The average Bonchev–Trinajstić information content (AvgIpc) is 2.47. The summed E-state index contributed by atoms with van der Waals surface area (Å²) < 4.78 is 0.